The average Bonchev–Trinajstić information content (AvgIpc) is 2.56. The molecule has 0 spiro atoms. The van der Waals surface area contributed by atoms with Crippen molar-refractivity contribution in [2.75, 3.05) is 20.6 Å². The number of nitrogens with zero attached hydrogens (tertiary/aromatic N) is 1. The van der Waals surface area contributed by atoms with E-state index in [2.05, 4.69) is 26.2 Å². The summed E-state index contributed by atoms with van der Waals surface area (Å²) >= 11 is 0. The summed E-state index contributed by atoms with van der Waals surface area (Å²) in [4.78, 5) is 0. The highest BCUT2D eigenvalue weighted by atomic mass is 127. The first kappa shape index (κ1) is 12.0. The summed E-state index contributed by atoms with van der Waals surface area (Å²) in [6, 6.07) is 4.77. The summed E-state index contributed by atoms with van der Waals surface area (Å²) in [7, 11) is 4.57. The molecule has 1 saturated heterocycles. The molecule has 1 aromatic heterocycles. The van der Waals surface area contributed by atoms with E-state index in [-0.39, 0.29) is 24.0 Å². The Bertz CT molecular complexity index is 306. The topological polar surface area (TPSA) is 13.1 Å². The predicted molar refractivity (Wildman–Crippen MR) is 52.4 cm³/mol. The van der Waals surface area contributed by atoms with Crippen molar-refractivity contribution in [1.29, 1.82) is 0 Å². The predicted octanol–water partition coefficient (Wildman–Crippen LogP) is -0.497. The third-order valence-electron chi connectivity index (χ3n) is 3.15. The first-order valence-electron chi connectivity index (χ1n) is 4.98. The summed E-state index contributed by atoms with van der Waals surface area (Å²) in [5, 5.41) is 0. The number of furan rings is 1. The third kappa shape index (κ3) is 2.14. The second-order valence-corrected chi connectivity index (χ2v) is 4.61. The van der Waals surface area contributed by atoms with E-state index < -0.39 is 0 Å². The average molecular weight is 307 g/mol. The number of halogens is 1. The fraction of sp³-hybridized carbons (Fsp3) is 0.636. The number of aryl methyl sites for hydroxylation is 1. The maximum Gasteiger partial charge on any atom is 0.161 e. The first-order valence-corrected chi connectivity index (χ1v) is 4.98. The Kier molecular flexibility index (Phi) is 3.63. The van der Waals surface area contributed by atoms with Gasteiger partial charge in [-0.2, -0.15) is 0 Å². The van der Waals surface area contributed by atoms with E-state index in [4.69, 9.17) is 4.42 Å². The lowest BCUT2D eigenvalue weighted by atomic mass is 10.1. The lowest BCUT2D eigenvalue weighted by molar-refractivity contribution is -0.909. The molecule has 0 aliphatic carbocycles. The van der Waals surface area contributed by atoms with Gasteiger partial charge < -0.3 is 32.9 Å². The molecular weight excluding hydrogens is 289 g/mol. The normalized spacial score (nSPS) is 24.6. The van der Waals surface area contributed by atoms with E-state index in [0.29, 0.717) is 6.04 Å². The van der Waals surface area contributed by atoms with Crippen molar-refractivity contribution in [2.24, 2.45) is 0 Å². The molecule has 80 valence electrons. The van der Waals surface area contributed by atoms with Gasteiger partial charge >= 0.3 is 0 Å². The quantitative estimate of drug-likeness (QED) is 0.504. The molecule has 2 nitrogen and oxygen atoms in total. The summed E-state index contributed by atoms with van der Waals surface area (Å²) < 4.78 is 6.76. The number of quaternary nitrogens is 1. The van der Waals surface area contributed by atoms with Crippen LogP contribution in [0.2, 0.25) is 0 Å². The highest BCUT2D eigenvalue weighted by Crippen LogP contribution is 2.36. The van der Waals surface area contributed by atoms with Crippen LogP contribution >= 0.6 is 0 Å². The highest BCUT2D eigenvalue weighted by Gasteiger charge is 2.37. The lowest BCUT2D eigenvalue weighted by Gasteiger charge is -2.30. The van der Waals surface area contributed by atoms with Gasteiger partial charge in [0.1, 0.15) is 11.8 Å². The van der Waals surface area contributed by atoms with Crippen LogP contribution in [0.4, 0.5) is 0 Å². The fourth-order valence-corrected chi connectivity index (χ4v) is 2.32. The Morgan fingerprint density at radius 1 is 1.36 bits per heavy atom. The van der Waals surface area contributed by atoms with Gasteiger partial charge in [-0.05, 0) is 19.1 Å². The number of rotatable bonds is 1. The molecule has 2 heterocycles. The molecule has 0 saturated carbocycles. The Morgan fingerprint density at radius 2 is 2.07 bits per heavy atom. The van der Waals surface area contributed by atoms with E-state index in [1.807, 2.05) is 6.92 Å². The van der Waals surface area contributed by atoms with E-state index in [0.717, 1.165) is 10.2 Å². The minimum Gasteiger partial charge on any atom is -1.00 e. The molecule has 1 aromatic rings. The van der Waals surface area contributed by atoms with Crippen LogP contribution in [0.1, 0.15) is 30.4 Å². The van der Waals surface area contributed by atoms with Gasteiger partial charge in [-0.15, -0.1) is 0 Å². The molecule has 0 unspecified atom stereocenters. The van der Waals surface area contributed by atoms with Gasteiger partial charge in [0, 0.05) is 12.8 Å². The molecular formula is C11H18INO. The van der Waals surface area contributed by atoms with Crippen LogP contribution in [0.5, 0.6) is 0 Å². The second kappa shape index (κ2) is 4.23. The molecule has 2 rings (SSSR count). The van der Waals surface area contributed by atoms with E-state index in [9.17, 15) is 0 Å². The maximum atomic E-state index is 5.69. The van der Waals surface area contributed by atoms with Gasteiger partial charge in [0.15, 0.2) is 5.76 Å². The van der Waals surface area contributed by atoms with Gasteiger partial charge in [-0.25, -0.2) is 0 Å². The third-order valence-corrected chi connectivity index (χ3v) is 3.15. The van der Waals surface area contributed by atoms with Crippen LogP contribution < -0.4 is 24.0 Å². The van der Waals surface area contributed by atoms with Crippen molar-refractivity contribution in [3.8, 4) is 0 Å². The Morgan fingerprint density at radius 3 is 2.50 bits per heavy atom. The molecule has 0 N–H and O–H groups in total. The SMILES string of the molecule is Cc1ccc([C@H]2CCC[N+]2(C)C)o1.[I-]. The van der Waals surface area contributed by atoms with Crippen LogP contribution in [0.3, 0.4) is 0 Å². The molecule has 0 bridgehead atoms. The molecule has 0 radical (unpaired) electrons. The van der Waals surface area contributed by atoms with Crippen LogP contribution in [0.15, 0.2) is 16.5 Å². The van der Waals surface area contributed by atoms with Crippen LogP contribution in [0, 0.1) is 6.92 Å². The zero-order valence-corrected chi connectivity index (χ0v) is 11.2. The van der Waals surface area contributed by atoms with Gasteiger partial charge in [0.2, 0.25) is 0 Å². The molecule has 3 heteroatoms. The zero-order valence-electron chi connectivity index (χ0n) is 9.09. The summed E-state index contributed by atoms with van der Waals surface area (Å²) in [5.74, 6) is 2.20. The number of hydrogen-bond acceptors (Lipinski definition) is 1. The minimum atomic E-state index is 0. The lowest BCUT2D eigenvalue weighted by Crippen LogP contribution is -3.00. The Balaban J connectivity index is 0.000000980. The molecule has 14 heavy (non-hydrogen) atoms. The second-order valence-electron chi connectivity index (χ2n) is 4.61. The monoisotopic (exact) mass is 307 g/mol. The van der Waals surface area contributed by atoms with Gasteiger partial charge in [0.05, 0.1) is 20.6 Å². The molecule has 1 aliphatic rings. The largest absolute Gasteiger partial charge is 1.00 e. The van der Waals surface area contributed by atoms with E-state index in [1.54, 1.807) is 0 Å². The zero-order chi connectivity index (χ0) is 9.47. The smallest absolute Gasteiger partial charge is 0.161 e. The Labute approximate surface area is 103 Å². The maximum absolute atomic E-state index is 5.69. The molecule has 0 aromatic carbocycles. The molecule has 1 fully saturated rings. The number of likely N-dealkylation sites (tertiary alicyclic amines) is 1. The van der Waals surface area contributed by atoms with Crippen molar-refractivity contribution in [3.05, 3.63) is 23.7 Å². The first-order chi connectivity index (χ1) is 6.09. The van der Waals surface area contributed by atoms with Crippen molar-refractivity contribution >= 4 is 0 Å². The highest BCUT2D eigenvalue weighted by molar-refractivity contribution is 5.08. The van der Waals surface area contributed by atoms with E-state index >= 15 is 0 Å². The van der Waals surface area contributed by atoms with Crippen LogP contribution in [0.25, 0.3) is 0 Å². The summed E-state index contributed by atoms with van der Waals surface area (Å²) in [5.41, 5.74) is 0. The summed E-state index contributed by atoms with van der Waals surface area (Å²) in [6.45, 7) is 3.28. The van der Waals surface area contributed by atoms with E-state index in [1.165, 1.54) is 25.1 Å². The molecule has 0 amide bonds. The molecule has 1 aliphatic heterocycles. The summed E-state index contributed by atoms with van der Waals surface area (Å²) in [6.07, 6.45) is 2.58. The van der Waals surface area contributed by atoms with Gasteiger partial charge in [-0.3, -0.25) is 0 Å². The fourth-order valence-electron chi connectivity index (χ4n) is 2.32. The van der Waals surface area contributed by atoms with Gasteiger partial charge in [-0.1, -0.05) is 0 Å². The van der Waals surface area contributed by atoms with Crippen LogP contribution in [-0.4, -0.2) is 25.1 Å². The standard InChI is InChI=1S/C11H18NO.HI/c1-9-6-7-11(13-9)10-5-4-8-12(10,2)3;/h6-7,10H,4-5,8H2,1-3H3;1H/q+1;/p-1/t10-;/m1./s1. The van der Waals surface area contributed by atoms with Crippen molar-refractivity contribution < 1.29 is 32.9 Å². The number of hydrogen-bond donors (Lipinski definition) is 0. The Hall–Kier alpha value is -0.0300. The van der Waals surface area contributed by atoms with Gasteiger partial charge in [0.25, 0.3) is 0 Å². The van der Waals surface area contributed by atoms with Crippen molar-refractivity contribution in [2.45, 2.75) is 25.8 Å². The molecule has 1 atom stereocenters. The van der Waals surface area contributed by atoms with Crippen molar-refractivity contribution in [3.63, 3.8) is 0 Å². The van der Waals surface area contributed by atoms with Crippen molar-refractivity contribution in [1.82, 2.24) is 0 Å². The minimum absolute atomic E-state index is 0. The van der Waals surface area contributed by atoms with Crippen LogP contribution in [-0.2, 0) is 0 Å².